The van der Waals surface area contributed by atoms with Crippen LogP contribution in [0.1, 0.15) is 15.9 Å². The Morgan fingerprint density at radius 2 is 1.49 bits per heavy atom. The number of nitrogens with one attached hydrogen (secondary N) is 1. The van der Waals surface area contributed by atoms with E-state index in [4.69, 9.17) is 23.2 Å². The fourth-order valence-electron chi connectivity index (χ4n) is 4.50. The highest BCUT2D eigenvalue weighted by Gasteiger charge is 2.39. The smallest absolute Gasteiger partial charge is 0.283 e. The van der Waals surface area contributed by atoms with Crippen molar-refractivity contribution in [2.45, 2.75) is 6.92 Å². The Morgan fingerprint density at radius 1 is 0.811 bits per heavy atom. The molecule has 9 heteroatoms. The molecule has 5 rings (SSSR count). The van der Waals surface area contributed by atoms with Gasteiger partial charge in [-0.3, -0.25) is 14.4 Å². The molecule has 2 aliphatic heterocycles. The number of carbonyl (C=O) groups excluding carboxylic acids is 3. The third kappa shape index (κ3) is 4.80. The number of para-hydroxylation sites is 1. The number of hydrogen-bond acceptors (Lipinski definition) is 5. The molecule has 3 amide bonds. The maximum Gasteiger partial charge on any atom is 0.283 e. The van der Waals surface area contributed by atoms with E-state index >= 15 is 0 Å². The first-order chi connectivity index (χ1) is 17.8. The van der Waals surface area contributed by atoms with Crippen molar-refractivity contribution in [3.05, 3.63) is 99.7 Å². The van der Waals surface area contributed by atoms with E-state index in [1.807, 2.05) is 23.1 Å². The third-order valence-electron chi connectivity index (χ3n) is 6.60. The van der Waals surface area contributed by atoms with Gasteiger partial charge in [-0.2, -0.15) is 0 Å². The number of hydrogen-bond donors (Lipinski definition) is 1. The number of halogens is 2. The van der Waals surface area contributed by atoms with Crippen LogP contribution in [0.2, 0.25) is 5.02 Å². The molecule has 0 radical (unpaired) electrons. The predicted molar refractivity (Wildman–Crippen MR) is 146 cm³/mol. The van der Waals surface area contributed by atoms with Crippen molar-refractivity contribution in [2.75, 3.05) is 41.3 Å². The first-order valence-electron chi connectivity index (χ1n) is 11.8. The molecule has 7 nitrogen and oxygen atoms in total. The zero-order chi connectivity index (χ0) is 26.1. The molecule has 0 bridgehead atoms. The molecule has 1 saturated heterocycles. The number of piperazine rings is 1. The quantitative estimate of drug-likeness (QED) is 0.464. The van der Waals surface area contributed by atoms with E-state index in [1.54, 1.807) is 49.4 Å². The van der Waals surface area contributed by atoms with Crippen molar-refractivity contribution >= 4 is 58.0 Å². The summed E-state index contributed by atoms with van der Waals surface area (Å²) in [6.45, 7) is 4.52. The van der Waals surface area contributed by atoms with Crippen LogP contribution in [0.25, 0.3) is 0 Å². The van der Waals surface area contributed by atoms with Crippen molar-refractivity contribution < 1.29 is 14.4 Å². The van der Waals surface area contributed by atoms with Gasteiger partial charge < -0.3 is 15.1 Å². The summed E-state index contributed by atoms with van der Waals surface area (Å²) >= 11 is 12.4. The van der Waals surface area contributed by atoms with E-state index in [1.165, 1.54) is 0 Å². The van der Waals surface area contributed by atoms with E-state index in [9.17, 15) is 14.4 Å². The number of nitrogens with zero attached hydrogens (tertiary/aromatic N) is 3. The number of amides is 3. The number of rotatable bonds is 5. The molecule has 3 aromatic carbocycles. The van der Waals surface area contributed by atoms with Gasteiger partial charge in [0.15, 0.2) is 0 Å². The van der Waals surface area contributed by atoms with Crippen LogP contribution < -0.4 is 15.1 Å². The minimum absolute atomic E-state index is 0.0258. The second-order valence-corrected chi connectivity index (χ2v) is 9.62. The number of carbonyl (C=O) groups is 3. The molecule has 0 atom stereocenters. The fraction of sp³-hybridized carbons (Fsp3) is 0.179. The average molecular weight is 535 g/mol. The summed E-state index contributed by atoms with van der Waals surface area (Å²) in [6.07, 6.45) is 0. The molecule has 1 N–H and O–H groups in total. The molecule has 2 aliphatic rings. The lowest BCUT2D eigenvalue weighted by atomic mass is 10.1. The Hall–Kier alpha value is -3.81. The summed E-state index contributed by atoms with van der Waals surface area (Å²) < 4.78 is 0. The molecular weight excluding hydrogens is 511 g/mol. The summed E-state index contributed by atoms with van der Waals surface area (Å²) in [5, 5.41) is 3.18. The van der Waals surface area contributed by atoms with E-state index in [2.05, 4.69) is 22.3 Å². The lowest BCUT2D eigenvalue weighted by molar-refractivity contribution is -0.120. The molecule has 37 heavy (non-hydrogen) atoms. The minimum atomic E-state index is -0.624. The average Bonchev–Trinajstić information content (AvgIpc) is 3.14. The Bertz CT molecular complexity index is 1400. The van der Waals surface area contributed by atoms with Crippen LogP contribution in [0, 0.1) is 6.92 Å². The molecule has 0 saturated carbocycles. The van der Waals surface area contributed by atoms with Gasteiger partial charge in [0.1, 0.15) is 10.7 Å². The molecule has 0 aromatic heterocycles. The monoisotopic (exact) mass is 534 g/mol. The predicted octanol–water partition coefficient (Wildman–Crippen LogP) is 5.05. The highest BCUT2D eigenvalue weighted by atomic mass is 35.5. The second-order valence-electron chi connectivity index (χ2n) is 8.84. The van der Waals surface area contributed by atoms with E-state index in [0.29, 0.717) is 40.6 Å². The number of anilines is 3. The zero-order valence-corrected chi connectivity index (χ0v) is 21.6. The largest absolute Gasteiger partial charge is 0.368 e. The summed E-state index contributed by atoms with van der Waals surface area (Å²) in [5.41, 5.74) is 3.19. The van der Waals surface area contributed by atoms with Crippen molar-refractivity contribution in [1.82, 2.24) is 4.90 Å². The Labute approximate surface area is 224 Å². The molecule has 188 valence electrons. The van der Waals surface area contributed by atoms with Crippen molar-refractivity contribution in [3.8, 4) is 0 Å². The van der Waals surface area contributed by atoms with Gasteiger partial charge in [0.25, 0.3) is 17.7 Å². The van der Waals surface area contributed by atoms with Crippen LogP contribution in [-0.4, -0.2) is 48.8 Å². The highest BCUT2D eigenvalue weighted by Crippen LogP contribution is 2.34. The standard InChI is InChI=1S/C28H24Cl2N4O3/c1-18-22(29)8-5-9-23(18)34-27(36)24(30)25(28(34)37)31-20-12-10-19(11-13-20)26(35)33-16-14-32(15-17-33)21-6-3-2-4-7-21/h2-13,31H,14-17H2,1H3. The van der Waals surface area contributed by atoms with Gasteiger partial charge in [0.2, 0.25) is 0 Å². The van der Waals surface area contributed by atoms with Gasteiger partial charge in [-0.25, -0.2) is 4.90 Å². The highest BCUT2D eigenvalue weighted by molar-refractivity contribution is 6.53. The second kappa shape index (κ2) is 10.3. The molecule has 3 aromatic rings. The fourth-order valence-corrected chi connectivity index (χ4v) is 4.88. The summed E-state index contributed by atoms with van der Waals surface area (Å²) in [4.78, 5) is 44.1. The molecule has 2 heterocycles. The van der Waals surface area contributed by atoms with E-state index in [0.717, 1.165) is 23.7 Å². The van der Waals surface area contributed by atoms with Crippen LogP contribution in [0.3, 0.4) is 0 Å². The molecule has 1 fully saturated rings. The lowest BCUT2D eigenvalue weighted by Gasteiger charge is -2.36. The van der Waals surface area contributed by atoms with Gasteiger partial charge in [-0.15, -0.1) is 0 Å². The molecule has 0 spiro atoms. The Kier molecular flexibility index (Phi) is 6.91. The van der Waals surface area contributed by atoms with Gasteiger partial charge in [0, 0.05) is 48.1 Å². The van der Waals surface area contributed by atoms with Crippen LogP contribution in [0.5, 0.6) is 0 Å². The maximum atomic E-state index is 13.1. The lowest BCUT2D eigenvalue weighted by Crippen LogP contribution is -2.48. The molecule has 0 unspecified atom stereocenters. The van der Waals surface area contributed by atoms with Crippen LogP contribution in [0.4, 0.5) is 17.1 Å². The maximum absolute atomic E-state index is 13.1. The first kappa shape index (κ1) is 24.9. The third-order valence-corrected chi connectivity index (χ3v) is 7.36. The topological polar surface area (TPSA) is 73.0 Å². The van der Waals surface area contributed by atoms with Gasteiger partial charge >= 0.3 is 0 Å². The van der Waals surface area contributed by atoms with Crippen molar-refractivity contribution in [1.29, 1.82) is 0 Å². The minimum Gasteiger partial charge on any atom is -0.368 e. The van der Waals surface area contributed by atoms with Crippen LogP contribution >= 0.6 is 23.2 Å². The summed E-state index contributed by atoms with van der Waals surface area (Å²) in [6, 6.07) is 21.9. The Morgan fingerprint density at radius 3 is 2.16 bits per heavy atom. The summed E-state index contributed by atoms with van der Waals surface area (Å²) in [5.74, 6) is -1.25. The first-order valence-corrected chi connectivity index (χ1v) is 12.6. The van der Waals surface area contributed by atoms with E-state index in [-0.39, 0.29) is 16.6 Å². The van der Waals surface area contributed by atoms with Crippen LogP contribution in [0.15, 0.2) is 83.5 Å². The van der Waals surface area contributed by atoms with Crippen molar-refractivity contribution in [2.24, 2.45) is 0 Å². The Balaban J connectivity index is 1.25. The zero-order valence-electron chi connectivity index (χ0n) is 20.1. The van der Waals surface area contributed by atoms with Gasteiger partial charge in [0.05, 0.1) is 5.69 Å². The molecule has 0 aliphatic carbocycles. The number of benzene rings is 3. The van der Waals surface area contributed by atoms with Crippen LogP contribution in [-0.2, 0) is 9.59 Å². The van der Waals surface area contributed by atoms with Gasteiger partial charge in [-0.1, -0.05) is 47.5 Å². The van der Waals surface area contributed by atoms with Crippen molar-refractivity contribution in [3.63, 3.8) is 0 Å². The van der Waals surface area contributed by atoms with Gasteiger partial charge in [-0.05, 0) is 61.0 Å². The SMILES string of the molecule is Cc1c(Cl)cccc1N1C(=O)C(Cl)=C(Nc2ccc(C(=O)N3CCN(c4ccccc4)CC3)cc2)C1=O. The molecular formula is C28H24Cl2N4O3. The summed E-state index contributed by atoms with van der Waals surface area (Å²) in [7, 11) is 0. The normalized spacial score (nSPS) is 16.0. The van der Waals surface area contributed by atoms with E-state index < -0.39 is 11.8 Å². The number of imide groups is 1.